The molecule has 7 heteroatoms. The number of piperidine rings is 1. The Labute approximate surface area is 181 Å². The molecule has 1 aliphatic carbocycles. The lowest BCUT2D eigenvalue weighted by Gasteiger charge is -2.33. The molecule has 2 amide bonds. The number of thiazole rings is 1. The highest BCUT2D eigenvalue weighted by atomic mass is 32.1. The van der Waals surface area contributed by atoms with Gasteiger partial charge in [0.25, 0.3) is 0 Å². The Morgan fingerprint density at radius 1 is 1.27 bits per heavy atom. The van der Waals surface area contributed by atoms with Crippen LogP contribution in [0, 0.1) is 12.8 Å². The van der Waals surface area contributed by atoms with Crippen LogP contribution in [0.25, 0.3) is 0 Å². The molecule has 1 saturated heterocycles. The first kappa shape index (κ1) is 20.8. The Morgan fingerprint density at radius 2 is 2.07 bits per heavy atom. The van der Waals surface area contributed by atoms with Gasteiger partial charge in [-0.05, 0) is 68.2 Å². The third kappa shape index (κ3) is 4.67. The quantitative estimate of drug-likeness (QED) is 0.778. The van der Waals surface area contributed by atoms with Crippen molar-refractivity contribution in [2.45, 2.75) is 51.4 Å². The van der Waals surface area contributed by atoms with Crippen LogP contribution >= 0.6 is 11.3 Å². The SMILES string of the molecule is COc1ccc2c(c1)CCCC2CC(=O)N1CCC(C(=O)Nc2nc(C)cs2)CC1. The molecule has 1 N–H and O–H groups in total. The predicted octanol–water partition coefficient (Wildman–Crippen LogP) is 4.15. The molecule has 160 valence electrons. The summed E-state index contributed by atoms with van der Waals surface area (Å²) in [5, 5.41) is 5.50. The number of nitrogens with zero attached hydrogens (tertiary/aromatic N) is 2. The number of methoxy groups -OCH3 is 1. The molecule has 2 aliphatic rings. The van der Waals surface area contributed by atoms with Crippen molar-refractivity contribution in [3.05, 3.63) is 40.4 Å². The maximum absolute atomic E-state index is 13.0. The molecular formula is C23H29N3O3S. The smallest absolute Gasteiger partial charge is 0.229 e. The molecule has 0 radical (unpaired) electrons. The summed E-state index contributed by atoms with van der Waals surface area (Å²) in [6, 6.07) is 6.23. The highest BCUT2D eigenvalue weighted by Gasteiger charge is 2.30. The van der Waals surface area contributed by atoms with Crippen LogP contribution in [-0.4, -0.2) is 41.9 Å². The number of likely N-dealkylation sites (tertiary alicyclic amines) is 1. The van der Waals surface area contributed by atoms with Crippen LogP contribution in [-0.2, 0) is 16.0 Å². The first-order chi connectivity index (χ1) is 14.5. The largest absolute Gasteiger partial charge is 0.497 e. The fraction of sp³-hybridized carbons (Fsp3) is 0.522. The lowest BCUT2D eigenvalue weighted by molar-refractivity contribution is -0.134. The summed E-state index contributed by atoms with van der Waals surface area (Å²) in [6.07, 6.45) is 5.18. The van der Waals surface area contributed by atoms with Gasteiger partial charge in [0, 0.05) is 30.8 Å². The van der Waals surface area contributed by atoms with Gasteiger partial charge in [0.1, 0.15) is 5.75 Å². The number of carbonyl (C=O) groups is 2. The minimum atomic E-state index is -0.0545. The monoisotopic (exact) mass is 427 g/mol. The maximum Gasteiger partial charge on any atom is 0.229 e. The second-order valence-corrected chi connectivity index (χ2v) is 9.15. The molecule has 30 heavy (non-hydrogen) atoms. The van der Waals surface area contributed by atoms with E-state index in [4.69, 9.17) is 4.74 Å². The minimum absolute atomic E-state index is 0.0200. The number of anilines is 1. The molecule has 1 unspecified atom stereocenters. The first-order valence-corrected chi connectivity index (χ1v) is 11.6. The van der Waals surface area contributed by atoms with E-state index >= 15 is 0 Å². The zero-order valence-corrected chi connectivity index (χ0v) is 18.5. The number of hydrogen-bond donors (Lipinski definition) is 1. The zero-order chi connectivity index (χ0) is 21.1. The molecule has 1 aromatic carbocycles. The normalized spacial score (nSPS) is 19.3. The number of ether oxygens (including phenoxy) is 1. The number of nitrogens with one attached hydrogen (secondary N) is 1. The topological polar surface area (TPSA) is 71.5 Å². The van der Waals surface area contributed by atoms with Crippen molar-refractivity contribution in [3.8, 4) is 5.75 Å². The van der Waals surface area contributed by atoms with Crippen molar-refractivity contribution in [2.24, 2.45) is 5.92 Å². The number of hydrogen-bond acceptors (Lipinski definition) is 5. The zero-order valence-electron chi connectivity index (χ0n) is 17.6. The van der Waals surface area contributed by atoms with Crippen molar-refractivity contribution in [1.29, 1.82) is 0 Å². The summed E-state index contributed by atoms with van der Waals surface area (Å²) in [7, 11) is 1.69. The number of benzene rings is 1. The van der Waals surface area contributed by atoms with Crippen LogP contribution in [0.5, 0.6) is 5.75 Å². The fourth-order valence-electron chi connectivity index (χ4n) is 4.58. The van der Waals surface area contributed by atoms with Crippen molar-refractivity contribution in [2.75, 3.05) is 25.5 Å². The second-order valence-electron chi connectivity index (χ2n) is 8.30. The van der Waals surface area contributed by atoms with Crippen LogP contribution in [0.4, 0.5) is 5.13 Å². The van der Waals surface area contributed by atoms with Crippen molar-refractivity contribution in [3.63, 3.8) is 0 Å². The number of rotatable bonds is 5. The number of fused-ring (bicyclic) bond motifs is 1. The van der Waals surface area contributed by atoms with Crippen molar-refractivity contribution < 1.29 is 14.3 Å². The number of amides is 2. The van der Waals surface area contributed by atoms with Gasteiger partial charge < -0.3 is 15.0 Å². The van der Waals surface area contributed by atoms with E-state index in [0.717, 1.165) is 30.7 Å². The van der Waals surface area contributed by atoms with E-state index in [9.17, 15) is 9.59 Å². The molecule has 1 atom stereocenters. The highest BCUT2D eigenvalue weighted by Crippen LogP contribution is 2.36. The predicted molar refractivity (Wildman–Crippen MR) is 118 cm³/mol. The number of carbonyl (C=O) groups excluding carboxylic acids is 2. The Kier molecular flexibility index (Phi) is 6.37. The molecule has 0 bridgehead atoms. The van der Waals surface area contributed by atoms with Gasteiger partial charge >= 0.3 is 0 Å². The first-order valence-electron chi connectivity index (χ1n) is 10.7. The van der Waals surface area contributed by atoms with E-state index in [2.05, 4.69) is 22.4 Å². The summed E-state index contributed by atoms with van der Waals surface area (Å²) >= 11 is 1.45. The summed E-state index contributed by atoms with van der Waals surface area (Å²) < 4.78 is 5.35. The van der Waals surface area contributed by atoms with Crippen molar-refractivity contribution in [1.82, 2.24) is 9.88 Å². The average molecular weight is 428 g/mol. The lowest BCUT2D eigenvalue weighted by Crippen LogP contribution is -2.42. The standard InChI is InChI=1S/C23H29N3O3S/c1-15-14-30-23(24-15)25-22(28)16-8-10-26(11-9-16)21(27)13-18-5-3-4-17-12-19(29-2)6-7-20(17)18/h6-7,12,14,16,18H,3-5,8-11,13H2,1-2H3,(H,24,25,28). The van der Waals surface area contributed by atoms with Crippen molar-refractivity contribution >= 4 is 28.3 Å². The third-order valence-electron chi connectivity index (χ3n) is 6.28. The summed E-state index contributed by atoms with van der Waals surface area (Å²) in [6.45, 7) is 3.21. The number of aryl methyl sites for hydroxylation is 2. The van der Waals surface area contributed by atoms with Crippen LogP contribution in [0.1, 0.15) is 54.8 Å². The summed E-state index contributed by atoms with van der Waals surface area (Å²) in [4.78, 5) is 31.7. The molecule has 2 heterocycles. The Morgan fingerprint density at radius 3 is 2.77 bits per heavy atom. The van der Waals surface area contributed by atoms with Gasteiger partial charge in [0.05, 0.1) is 12.8 Å². The second kappa shape index (κ2) is 9.16. The van der Waals surface area contributed by atoms with E-state index in [-0.39, 0.29) is 23.7 Å². The minimum Gasteiger partial charge on any atom is -0.497 e. The molecule has 1 aliphatic heterocycles. The molecule has 4 rings (SSSR count). The van der Waals surface area contributed by atoms with Gasteiger partial charge in [-0.1, -0.05) is 6.07 Å². The highest BCUT2D eigenvalue weighted by molar-refractivity contribution is 7.13. The van der Waals surface area contributed by atoms with E-state index < -0.39 is 0 Å². The Bertz CT molecular complexity index is 918. The van der Waals surface area contributed by atoms with Gasteiger partial charge in [0.2, 0.25) is 11.8 Å². The Balaban J connectivity index is 1.30. The lowest BCUT2D eigenvalue weighted by atomic mass is 9.80. The average Bonchev–Trinajstić information content (AvgIpc) is 3.18. The van der Waals surface area contributed by atoms with E-state index in [1.165, 1.54) is 22.5 Å². The number of aromatic nitrogens is 1. The molecule has 0 saturated carbocycles. The molecular weight excluding hydrogens is 398 g/mol. The van der Waals surface area contributed by atoms with Crippen LogP contribution < -0.4 is 10.1 Å². The van der Waals surface area contributed by atoms with Gasteiger partial charge in [-0.25, -0.2) is 4.98 Å². The molecule has 1 fully saturated rings. The van der Waals surface area contributed by atoms with E-state index in [1.807, 2.05) is 23.3 Å². The Hall–Kier alpha value is -2.41. The maximum atomic E-state index is 13.0. The summed E-state index contributed by atoms with van der Waals surface area (Å²) in [5.74, 6) is 1.33. The van der Waals surface area contributed by atoms with Crippen LogP contribution in [0.3, 0.4) is 0 Å². The molecule has 2 aromatic rings. The molecule has 1 aromatic heterocycles. The van der Waals surface area contributed by atoms with Gasteiger partial charge in [-0.3, -0.25) is 9.59 Å². The fourth-order valence-corrected chi connectivity index (χ4v) is 5.27. The molecule has 6 nitrogen and oxygen atoms in total. The van der Waals surface area contributed by atoms with E-state index in [0.29, 0.717) is 37.5 Å². The molecule has 0 spiro atoms. The third-order valence-corrected chi connectivity index (χ3v) is 7.15. The summed E-state index contributed by atoms with van der Waals surface area (Å²) in [5.41, 5.74) is 3.52. The van der Waals surface area contributed by atoms with Gasteiger partial charge in [-0.2, -0.15) is 0 Å². The van der Waals surface area contributed by atoms with Gasteiger partial charge in [0.15, 0.2) is 5.13 Å². The van der Waals surface area contributed by atoms with Crippen LogP contribution in [0.15, 0.2) is 23.6 Å². The van der Waals surface area contributed by atoms with E-state index in [1.54, 1.807) is 7.11 Å². The van der Waals surface area contributed by atoms with Crippen LogP contribution in [0.2, 0.25) is 0 Å². The van der Waals surface area contributed by atoms with Gasteiger partial charge in [-0.15, -0.1) is 11.3 Å².